The van der Waals surface area contributed by atoms with Crippen LogP contribution in [0.3, 0.4) is 0 Å². The third kappa shape index (κ3) is 3.05. The quantitative estimate of drug-likeness (QED) is 0.885. The average Bonchev–Trinajstić information content (AvgIpc) is 2.63. The molecule has 1 aromatic heterocycles. The van der Waals surface area contributed by atoms with Gasteiger partial charge >= 0.3 is 0 Å². The average molecular weight is 275 g/mol. The summed E-state index contributed by atoms with van der Waals surface area (Å²) in [6.07, 6.45) is 2.60. The first kappa shape index (κ1) is 10.6. The van der Waals surface area contributed by atoms with Crippen molar-refractivity contribution in [3.63, 3.8) is 0 Å². The first-order valence-electron chi connectivity index (χ1n) is 5.01. The Labute approximate surface area is 97.2 Å². The lowest BCUT2D eigenvalue weighted by atomic mass is 10.1. The van der Waals surface area contributed by atoms with Crippen LogP contribution in [-0.2, 0) is 6.54 Å². The Bertz CT molecular complexity index is 281. The van der Waals surface area contributed by atoms with Crippen LogP contribution in [0.15, 0.2) is 15.2 Å². The van der Waals surface area contributed by atoms with E-state index in [4.69, 9.17) is 0 Å². The molecule has 0 amide bonds. The van der Waals surface area contributed by atoms with Gasteiger partial charge < -0.3 is 10.6 Å². The van der Waals surface area contributed by atoms with Gasteiger partial charge in [0.2, 0.25) is 0 Å². The molecule has 2 rings (SSSR count). The predicted molar refractivity (Wildman–Crippen MR) is 64.8 cm³/mol. The minimum Gasteiger partial charge on any atom is -0.315 e. The Morgan fingerprint density at radius 2 is 2.57 bits per heavy atom. The van der Waals surface area contributed by atoms with Crippen molar-refractivity contribution in [2.45, 2.75) is 25.4 Å². The topological polar surface area (TPSA) is 24.1 Å². The molecule has 2 heterocycles. The number of piperidine rings is 1. The van der Waals surface area contributed by atoms with Crippen LogP contribution in [0.25, 0.3) is 0 Å². The van der Waals surface area contributed by atoms with E-state index in [1.165, 1.54) is 28.7 Å². The lowest BCUT2D eigenvalue weighted by molar-refractivity contribution is 0.389. The van der Waals surface area contributed by atoms with Crippen molar-refractivity contribution >= 4 is 27.3 Å². The highest BCUT2D eigenvalue weighted by Crippen LogP contribution is 2.20. The number of nitrogens with one attached hydrogen (secondary N) is 2. The van der Waals surface area contributed by atoms with Crippen molar-refractivity contribution in [2.24, 2.45) is 0 Å². The molecule has 1 atom stereocenters. The third-order valence-corrected chi connectivity index (χ3v) is 4.07. The van der Waals surface area contributed by atoms with Gasteiger partial charge in [0.25, 0.3) is 0 Å². The first-order valence-corrected chi connectivity index (χ1v) is 6.69. The summed E-state index contributed by atoms with van der Waals surface area (Å²) in [6.45, 7) is 3.29. The van der Waals surface area contributed by atoms with Gasteiger partial charge in [-0.1, -0.05) is 0 Å². The molecular weight excluding hydrogens is 260 g/mol. The van der Waals surface area contributed by atoms with E-state index < -0.39 is 0 Å². The molecule has 0 aliphatic carbocycles. The van der Waals surface area contributed by atoms with Crippen LogP contribution in [0.5, 0.6) is 0 Å². The van der Waals surface area contributed by atoms with Crippen molar-refractivity contribution in [1.29, 1.82) is 0 Å². The summed E-state index contributed by atoms with van der Waals surface area (Å²) in [5, 5.41) is 9.18. The fraction of sp³-hybridized carbons (Fsp3) is 0.600. The maximum atomic E-state index is 3.57. The van der Waals surface area contributed by atoms with Gasteiger partial charge in [0.15, 0.2) is 0 Å². The van der Waals surface area contributed by atoms with E-state index in [9.17, 15) is 0 Å². The number of hydrogen-bond acceptors (Lipinski definition) is 3. The van der Waals surface area contributed by atoms with E-state index in [1.807, 2.05) is 0 Å². The van der Waals surface area contributed by atoms with Crippen LogP contribution in [0.1, 0.15) is 18.4 Å². The zero-order chi connectivity index (χ0) is 9.80. The lowest BCUT2D eigenvalue weighted by Gasteiger charge is -2.23. The second-order valence-corrected chi connectivity index (χ2v) is 5.97. The highest BCUT2D eigenvalue weighted by molar-refractivity contribution is 9.11. The molecule has 2 N–H and O–H groups in total. The summed E-state index contributed by atoms with van der Waals surface area (Å²) >= 11 is 5.23. The van der Waals surface area contributed by atoms with Crippen molar-refractivity contribution in [3.8, 4) is 0 Å². The van der Waals surface area contributed by atoms with Crippen LogP contribution >= 0.6 is 27.3 Å². The largest absolute Gasteiger partial charge is 0.315 e. The number of halogens is 1. The molecule has 14 heavy (non-hydrogen) atoms. The highest BCUT2D eigenvalue weighted by atomic mass is 79.9. The lowest BCUT2D eigenvalue weighted by Crippen LogP contribution is -2.42. The first-order chi connectivity index (χ1) is 6.84. The zero-order valence-electron chi connectivity index (χ0n) is 8.05. The molecule has 1 aliphatic rings. The van der Waals surface area contributed by atoms with Crippen molar-refractivity contribution in [2.75, 3.05) is 13.1 Å². The smallest absolute Gasteiger partial charge is 0.0701 e. The highest BCUT2D eigenvalue weighted by Gasteiger charge is 2.11. The Kier molecular flexibility index (Phi) is 3.99. The van der Waals surface area contributed by atoms with Crippen molar-refractivity contribution < 1.29 is 0 Å². The summed E-state index contributed by atoms with van der Waals surface area (Å²) in [4.78, 5) is 0. The molecule has 0 bridgehead atoms. The van der Waals surface area contributed by atoms with Gasteiger partial charge in [-0.2, -0.15) is 0 Å². The van der Waals surface area contributed by atoms with E-state index >= 15 is 0 Å². The number of rotatable bonds is 3. The van der Waals surface area contributed by atoms with E-state index in [-0.39, 0.29) is 0 Å². The molecule has 2 nitrogen and oxygen atoms in total. The molecule has 0 saturated carbocycles. The van der Waals surface area contributed by atoms with Gasteiger partial charge in [0, 0.05) is 19.1 Å². The Morgan fingerprint density at radius 1 is 1.64 bits per heavy atom. The molecule has 78 valence electrons. The standard InChI is InChI=1S/C10H15BrN2S/c11-10-4-8(7-14-10)5-13-9-2-1-3-12-6-9/h4,7,9,12-13H,1-3,5-6H2. The van der Waals surface area contributed by atoms with Crippen molar-refractivity contribution in [1.82, 2.24) is 10.6 Å². The molecule has 0 aromatic carbocycles. The van der Waals surface area contributed by atoms with Gasteiger partial charge in [-0.25, -0.2) is 0 Å². The van der Waals surface area contributed by atoms with Gasteiger partial charge in [0.1, 0.15) is 0 Å². The van der Waals surface area contributed by atoms with Crippen LogP contribution in [0, 0.1) is 0 Å². The second-order valence-electron chi connectivity index (χ2n) is 3.68. The van der Waals surface area contributed by atoms with Crippen LogP contribution in [0.2, 0.25) is 0 Å². The summed E-state index contributed by atoms with van der Waals surface area (Å²) in [5.74, 6) is 0. The maximum absolute atomic E-state index is 3.57. The van der Waals surface area contributed by atoms with Gasteiger partial charge in [-0.3, -0.25) is 0 Å². The Hall–Kier alpha value is 0.1000. The summed E-state index contributed by atoms with van der Waals surface area (Å²) in [6, 6.07) is 2.84. The van der Waals surface area contributed by atoms with Gasteiger partial charge in [-0.05, 0) is 52.3 Å². The predicted octanol–water partition coefficient (Wildman–Crippen LogP) is 2.35. The molecule has 1 fully saturated rings. The normalized spacial score (nSPS) is 22.5. The summed E-state index contributed by atoms with van der Waals surface area (Å²) in [7, 11) is 0. The third-order valence-electron chi connectivity index (χ3n) is 2.51. The maximum Gasteiger partial charge on any atom is 0.0701 e. The molecular formula is C10H15BrN2S. The van der Waals surface area contributed by atoms with E-state index in [2.05, 4.69) is 38.0 Å². The fourth-order valence-corrected chi connectivity index (χ4v) is 2.94. The van der Waals surface area contributed by atoms with E-state index in [0.717, 1.165) is 13.1 Å². The molecule has 1 aliphatic heterocycles. The monoisotopic (exact) mass is 274 g/mol. The SMILES string of the molecule is Brc1cc(CNC2CCCNC2)cs1. The fourth-order valence-electron chi connectivity index (χ4n) is 1.73. The molecule has 1 unspecified atom stereocenters. The van der Waals surface area contributed by atoms with Crippen molar-refractivity contribution in [3.05, 3.63) is 20.8 Å². The van der Waals surface area contributed by atoms with E-state index in [1.54, 1.807) is 11.3 Å². The molecule has 0 spiro atoms. The number of hydrogen-bond donors (Lipinski definition) is 2. The molecule has 1 saturated heterocycles. The van der Waals surface area contributed by atoms with Gasteiger partial charge in [-0.15, -0.1) is 11.3 Å². The van der Waals surface area contributed by atoms with E-state index in [0.29, 0.717) is 6.04 Å². The second kappa shape index (κ2) is 5.26. The van der Waals surface area contributed by atoms with Crippen LogP contribution in [-0.4, -0.2) is 19.1 Å². The molecule has 0 radical (unpaired) electrons. The minimum absolute atomic E-state index is 0.655. The Balaban J connectivity index is 1.76. The van der Waals surface area contributed by atoms with Gasteiger partial charge in [0.05, 0.1) is 3.79 Å². The molecule has 1 aromatic rings. The molecule has 4 heteroatoms. The minimum atomic E-state index is 0.655. The zero-order valence-corrected chi connectivity index (χ0v) is 10.5. The van der Waals surface area contributed by atoms with Crippen LogP contribution in [0.4, 0.5) is 0 Å². The van der Waals surface area contributed by atoms with Crippen LogP contribution < -0.4 is 10.6 Å². The Morgan fingerprint density at radius 3 is 3.21 bits per heavy atom. The summed E-state index contributed by atoms with van der Waals surface area (Å²) < 4.78 is 1.22. The summed E-state index contributed by atoms with van der Waals surface area (Å²) in [5.41, 5.74) is 1.38. The number of thiophene rings is 1.